The largest absolute Gasteiger partial charge is 0.480 e. The van der Waals surface area contributed by atoms with Crippen molar-refractivity contribution in [2.24, 2.45) is 0 Å². The number of nitrogens with one attached hydrogen (secondary N) is 2. The molecule has 206 valence electrons. The van der Waals surface area contributed by atoms with Crippen molar-refractivity contribution in [2.75, 3.05) is 31.3 Å². The van der Waals surface area contributed by atoms with Crippen LogP contribution < -0.4 is 15.4 Å². The fourth-order valence-corrected chi connectivity index (χ4v) is 4.15. The quantitative estimate of drug-likeness (QED) is 0.235. The van der Waals surface area contributed by atoms with E-state index in [-0.39, 0.29) is 18.3 Å². The van der Waals surface area contributed by atoms with Crippen molar-refractivity contribution in [1.82, 2.24) is 19.9 Å². The maximum atomic E-state index is 12.0. The zero-order chi connectivity index (χ0) is 28.3. The zero-order valence-electron chi connectivity index (χ0n) is 22.4. The molecule has 0 unspecified atom stereocenters. The molecule has 0 saturated heterocycles. The topological polar surface area (TPSA) is 130 Å². The zero-order valence-corrected chi connectivity index (χ0v) is 22.4. The Kier molecular flexibility index (Phi) is 9.60. The number of carbonyl (C=O) groups excluding carboxylic acids is 1. The van der Waals surface area contributed by atoms with Crippen LogP contribution in [0.4, 0.5) is 16.7 Å². The molecule has 0 bridgehead atoms. The molecule has 0 aliphatic carbocycles. The second-order valence-electron chi connectivity index (χ2n) is 9.37. The van der Waals surface area contributed by atoms with Gasteiger partial charge >= 0.3 is 12.1 Å². The van der Waals surface area contributed by atoms with Crippen LogP contribution in [0.15, 0.2) is 91.3 Å². The number of hydrogen-bond acceptors (Lipinski definition) is 8. The third kappa shape index (κ3) is 8.00. The fourth-order valence-electron chi connectivity index (χ4n) is 4.15. The molecule has 0 radical (unpaired) electrons. The maximum absolute atomic E-state index is 12.0. The van der Waals surface area contributed by atoms with E-state index in [2.05, 4.69) is 49.9 Å². The molecule has 4 rings (SSSR count). The van der Waals surface area contributed by atoms with Crippen molar-refractivity contribution >= 4 is 24.0 Å². The van der Waals surface area contributed by atoms with Crippen LogP contribution in [0.2, 0.25) is 0 Å². The van der Waals surface area contributed by atoms with Gasteiger partial charge in [-0.05, 0) is 35.2 Å². The van der Waals surface area contributed by atoms with Crippen molar-refractivity contribution < 1.29 is 19.4 Å². The number of nitrogens with zero attached hydrogens (tertiary/aromatic N) is 4. The predicted octanol–water partition coefficient (Wildman–Crippen LogP) is 4.67. The Morgan fingerprint density at radius 3 is 2.05 bits per heavy atom. The molecule has 0 aliphatic rings. The second-order valence-corrected chi connectivity index (χ2v) is 9.37. The summed E-state index contributed by atoms with van der Waals surface area (Å²) in [5, 5.41) is 15.9. The molecule has 0 fully saturated rings. The van der Waals surface area contributed by atoms with Crippen LogP contribution >= 0.6 is 0 Å². The van der Waals surface area contributed by atoms with E-state index in [1.807, 2.05) is 36.4 Å². The summed E-state index contributed by atoms with van der Waals surface area (Å²) in [7, 11) is 3.18. The highest BCUT2D eigenvalue weighted by atomic mass is 16.6. The normalized spacial score (nSPS) is 11.5. The van der Waals surface area contributed by atoms with E-state index in [1.165, 1.54) is 22.4 Å². The third-order valence-electron chi connectivity index (χ3n) is 6.23. The molecule has 0 aliphatic heterocycles. The molecule has 3 aromatic carbocycles. The van der Waals surface area contributed by atoms with Crippen molar-refractivity contribution in [2.45, 2.75) is 24.8 Å². The molecule has 1 atom stereocenters. The SMILES string of the molecule is CN(C)C(=O)Oc1ccc(C[C@H](Nc2ncnc(NCCC(c3ccccc3)c3ccccc3)n2)C(=O)O)cc1. The summed E-state index contributed by atoms with van der Waals surface area (Å²) < 4.78 is 5.21. The van der Waals surface area contributed by atoms with Gasteiger partial charge in [-0.15, -0.1) is 0 Å². The molecular formula is C30H32N6O4. The van der Waals surface area contributed by atoms with E-state index in [9.17, 15) is 14.7 Å². The number of amides is 1. The predicted molar refractivity (Wildman–Crippen MR) is 153 cm³/mol. The first-order valence-corrected chi connectivity index (χ1v) is 12.9. The highest BCUT2D eigenvalue weighted by Gasteiger charge is 2.20. The van der Waals surface area contributed by atoms with Crippen LogP contribution in [0.1, 0.15) is 29.0 Å². The number of carboxylic acids is 1. The number of anilines is 2. The van der Waals surface area contributed by atoms with Gasteiger partial charge in [-0.1, -0.05) is 72.8 Å². The number of carbonyl (C=O) groups is 2. The average Bonchev–Trinajstić information content (AvgIpc) is 2.97. The number of ether oxygens (including phenoxy) is 1. The first-order chi connectivity index (χ1) is 19.4. The Bertz CT molecular complexity index is 1340. The van der Waals surface area contributed by atoms with Gasteiger partial charge in [-0.2, -0.15) is 4.98 Å². The Labute approximate surface area is 233 Å². The molecule has 3 N–H and O–H groups in total. The van der Waals surface area contributed by atoms with Crippen molar-refractivity contribution in [3.05, 3.63) is 108 Å². The van der Waals surface area contributed by atoms with Crippen LogP contribution in [0.3, 0.4) is 0 Å². The van der Waals surface area contributed by atoms with Crippen LogP contribution in [-0.2, 0) is 11.2 Å². The van der Waals surface area contributed by atoms with Gasteiger partial charge in [0, 0.05) is 33.0 Å². The van der Waals surface area contributed by atoms with Crippen molar-refractivity contribution in [1.29, 1.82) is 0 Å². The van der Waals surface area contributed by atoms with E-state index in [0.717, 1.165) is 12.0 Å². The van der Waals surface area contributed by atoms with Crippen LogP contribution in [0.25, 0.3) is 0 Å². The summed E-state index contributed by atoms with van der Waals surface area (Å²) in [4.78, 5) is 37.7. The lowest BCUT2D eigenvalue weighted by Crippen LogP contribution is -2.32. The molecule has 10 heteroatoms. The Hall–Kier alpha value is -4.99. The Morgan fingerprint density at radius 2 is 1.48 bits per heavy atom. The molecule has 40 heavy (non-hydrogen) atoms. The molecule has 10 nitrogen and oxygen atoms in total. The fraction of sp³-hybridized carbons (Fsp3) is 0.233. The second kappa shape index (κ2) is 13.7. The van der Waals surface area contributed by atoms with Gasteiger partial charge in [-0.3, -0.25) is 0 Å². The summed E-state index contributed by atoms with van der Waals surface area (Å²) in [6.07, 6.45) is 1.82. The smallest absolute Gasteiger partial charge is 0.414 e. The first kappa shape index (κ1) is 28.0. The monoisotopic (exact) mass is 540 g/mol. The number of carboxylic acid groups (broad SMARTS) is 1. The highest BCUT2D eigenvalue weighted by Crippen LogP contribution is 2.27. The number of aromatic nitrogens is 3. The lowest BCUT2D eigenvalue weighted by Gasteiger charge is -2.19. The number of benzene rings is 3. The van der Waals surface area contributed by atoms with E-state index in [1.54, 1.807) is 38.4 Å². The minimum atomic E-state index is -1.05. The lowest BCUT2D eigenvalue weighted by molar-refractivity contribution is -0.137. The van der Waals surface area contributed by atoms with Gasteiger partial charge in [-0.25, -0.2) is 19.6 Å². The van der Waals surface area contributed by atoms with E-state index in [4.69, 9.17) is 4.74 Å². The van der Waals surface area contributed by atoms with Gasteiger partial charge in [0.1, 0.15) is 18.1 Å². The highest BCUT2D eigenvalue weighted by molar-refractivity contribution is 5.77. The third-order valence-corrected chi connectivity index (χ3v) is 6.23. The Morgan fingerprint density at radius 1 is 0.875 bits per heavy atom. The number of aliphatic carboxylic acids is 1. The summed E-state index contributed by atoms with van der Waals surface area (Å²) in [5.74, 6) is 0.0324. The van der Waals surface area contributed by atoms with Gasteiger partial charge in [0.25, 0.3) is 0 Å². The molecular weight excluding hydrogens is 508 g/mol. The van der Waals surface area contributed by atoms with Gasteiger partial charge in [0.15, 0.2) is 0 Å². The van der Waals surface area contributed by atoms with E-state index >= 15 is 0 Å². The molecule has 1 heterocycles. The van der Waals surface area contributed by atoms with Gasteiger partial charge in [0.05, 0.1) is 0 Å². The maximum Gasteiger partial charge on any atom is 0.414 e. The molecule has 0 saturated carbocycles. The average molecular weight is 541 g/mol. The molecule has 4 aromatic rings. The summed E-state index contributed by atoms with van der Waals surface area (Å²) in [6, 6.07) is 26.4. The summed E-state index contributed by atoms with van der Waals surface area (Å²) in [6.45, 7) is 0.602. The van der Waals surface area contributed by atoms with Crippen molar-refractivity contribution in [3.63, 3.8) is 0 Å². The summed E-state index contributed by atoms with van der Waals surface area (Å²) >= 11 is 0. The molecule has 1 amide bonds. The van der Waals surface area contributed by atoms with Crippen LogP contribution in [0, 0.1) is 0 Å². The Balaban J connectivity index is 1.37. The van der Waals surface area contributed by atoms with Gasteiger partial charge in [0.2, 0.25) is 11.9 Å². The van der Waals surface area contributed by atoms with Crippen molar-refractivity contribution in [3.8, 4) is 5.75 Å². The lowest BCUT2D eigenvalue weighted by atomic mass is 9.88. The van der Waals surface area contributed by atoms with E-state index < -0.39 is 18.1 Å². The molecule has 0 spiro atoms. The first-order valence-electron chi connectivity index (χ1n) is 12.9. The minimum absolute atomic E-state index is 0.157. The van der Waals surface area contributed by atoms with E-state index in [0.29, 0.717) is 18.2 Å². The van der Waals surface area contributed by atoms with Gasteiger partial charge < -0.3 is 25.4 Å². The minimum Gasteiger partial charge on any atom is -0.480 e. The standard InChI is InChI=1S/C30H32N6O4/c1-36(2)30(39)40-24-15-13-21(14-16-24)19-26(27(37)38)34-29-33-20-32-28(35-29)31-18-17-25(22-9-5-3-6-10-22)23-11-7-4-8-12-23/h3-16,20,25-26H,17-19H2,1-2H3,(H,37,38)(H2,31,32,33,34,35)/t26-/m0/s1. The summed E-state index contributed by atoms with van der Waals surface area (Å²) in [5.41, 5.74) is 3.19. The number of rotatable bonds is 12. The number of hydrogen-bond donors (Lipinski definition) is 3. The van der Waals surface area contributed by atoms with Crippen LogP contribution in [0.5, 0.6) is 5.75 Å². The molecule has 1 aromatic heterocycles. The van der Waals surface area contributed by atoms with Crippen LogP contribution in [-0.4, -0.2) is 63.7 Å².